The van der Waals surface area contributed by atoms with Gasteiger partial charge in [-0.05, 0) is 38.1 Å². The maximum absolute atomic E-state index is 12.4. The van der Waals surface area contributed by atoms with Gasteiger partial charge >= 0.3 is 6.18 Å². The van der Waals surface area contributed by atoms with Crippen molar-refractivity contribution in [3.8, 4) is 0 Å². The van der Waals surface area contributed by atoms with Gasteiger partial charge in [0.2, 0.25) is 0 Å². The number of alkyl halides is 3. The minimum Gasteiger partial charge on any atom is -0.303 e. The second-order valence-corrected chi connectivity index (χ2v) is 4.26. The van der Waals surface area contributed by atoms with Crippen LogP contribution < -0.4 is 5.32 Å². The molecule has 13 heavy (non-hydrogen) atoms. The highest BCUT2D eigenvalue weighted by atomic mass is 19.4. The second-order valence-electron chi connectivity index (χ2n) is 4.26. The lowest BCUT2D eigenvalue weighted by Crippen LogP contribution is -2.47. The molecule has 0 bridgehead atoms. The summed E-state index contributed by atoms with van der Waals surface area (Å²) in [5, 5.41) is 2.69. The van der Waals surface area contributed by atoms with Gasteiger partial charge in [0.1, 0.15) is 5.54 Å². The Morgan fingerprint density at radius 1 is 1.23 bits per heavy atom. The molecule has 2 rings (SSSR count). The fourth-order valence-electron chi connectivity index (χ4n) is 1.72. The minimum absolute atomic E-state index is 0.267. The van der Waals surface area contributed by atoms with Crippen molar-refractivity contribution >= 4 is 0 Å². The molecule has 4 heteroatoms. The molecule has 0 atom stereocenters. The third-order valence-electron chi connectivity index (χ3n) is 3.25. The van der Waals surface area contributed by atoms with Gasteiger partial charge < -0.3 is 5.32 Å². The number of nitrogens with one attached hydrogen (secondary N) is 1. The van der Waals surface area contributed by atoms with Crippen molar-refractivity contribution in [2.24, 2.45) is 5.92 Å². The van der Waals surface area contributed by atoms with Crippen LogP contribution in [0.5, 0.6) is 0 Å². The lowest BCUT2D eigenvalue weighted by Gasteiger charge is -2.29. The van der Waals surface area contributed by atoms with E-state index in [9.17, 15) is 13.2 Å². The van der Waals surface area contributed by atoms with Crippen LogP contribution in [0.25, 0.3) is 0 Å². The largest absolute Gasteiger partial charge is 0.406 e. The van der Waals surface area contributed by atoms with Gasteiger partial charge in [0.15, 0.2) is 0 Å². The van der Waals surface area contributed by atoms with Gasteiger partial charge in [-0.15, -0.1) is 0 Å². The third-order valence-corrected chi connectivity index (χ3v) is 3.25. The molecular weight excluding hydrogens is 179 g/mol. The first-order valence-corrected chi connectivity index (χ1v) is 4.85. The second kappa shape index (κ2) is 2.87. The van der Waals surface area contributed by atoms with Crippen LogP contribution in [0.1, 0.15) is 32.1 Å². The molecule has 2 aliphatic carbocycles. The number of rotatable bonds is 3. The summed E-state index contributed by atoms with van der Waals surface area (Å²) in [5.74, 6) is 0.500. The Balaban J connectivity index is 1.79. The quantitative estimate of drug-likeness (QED) is 0.726. The summed E-state index contributed by atoms with van der Waals surface area (Å²) in [7, 11) is 0. The number of halogens is 3. The molecule has 0 aromatic heterocycles. The normalized spacial score (nSPS) is 27.0. The summed E-state index contributed by atoms with van der Waals surface area (Å²) < 4.78 is 37.2. The van der Waals surface area contributed by atoms with Gasteiger partial charge in [-0.3, -0.25) is 0 Å². The van der Waals surface area contributed by atoms with E-state index < -0.39 is 11.7 Å². The predicted octanol–water partition coefficient (Wildman–Crippen LogP) is 2.47. The molecule has 2 fully saturated rings. The minimum atomic E-state index is -4.04. The molecule has 0 radical (unpaired) electrons. The maximum Gasteiger partial charge on any atom is 0.406 e. The van der Waals surface area contributed by atoms with Crippen LogP contribution in [-0.4, -0.2) is 18.3 Å². The SMILES string of the molecule is FC(F)(F)C1(NCC2CCC2)CC1. The molecule has 0 unspecified atom stereocenters. The summed E-state index contributed by atoms with van der Waals surface area (Å²) in [6, 6.07) is 0. The Morgan fingerprint density at radius 2 is 1.85 bits per heavy atom. The lowest BCUT2D eigenvalue weighted by atomic mass is 9.85. The molecule has 0 spiro atoms. The van der Waals surface area contributed by atoms with Gasteiger partial charge in [-0.1, -0.05) is 6.42 Å². The molecule has 0 aromatic carbocycles. The van der Waals surface area contributed by atoms with E-state index in [0.29, 0.717) is 12.5 Å². The van der Waals surface area contributed by atoms with E-state index in [-0.39, 0.29) is 12.8 Å². The standard InChI is InChI=1S/C9H14F3N/c10-9(11,12)8(4-5-8)13-6-7-2-1-3-7/h7,13H,1-6H2. The summed E-state index contributed by atoms with van der Waals surface area (Å²) in [5.41, 5.74) is -1.50. The summed E-state index contributed by atoms with van der Waals surface area (Å²) >= 11 is 0. The molecule has 0 aliphatic heterocycles. The fraction of sp³-hybridized carbons (Fsp3) is 1.00. The number of hydrogen-bond acceptors (Lipinski definition) is 1. The van der Waals surface area contributed by atoms with Crippen LogP contribution in [0.15, 0.2) is 0 Å². The summed E-state index contributed by atoms with van der Waals surface area (Å²) in [6.45, 7) is 0.555. The van der Waals surface area contributed by atoms with Gasteiger partial charge in [0.25, 0.3) is 0 Å². The highest BCUT2D eigenvalue weighted by molar-refractivity contribution is 5.08. The Hall–Kier alpha value is -0.250. The average Bonchev–Trinajstić information content (AvgIpc) is 2.62. The monoisotopic (exact) mass is 193 g/mol. The summed E-state index contributed by atoms with van der Waals surface area (Å²) in [4.78, 5) is 0. The molecule has 76 valence electrons. The van der Waals surface area contributed by atoms with Crippen molar-refractivity contribution in [3.63, 3.8) is 0 Å². The van der Waals surface area contributed by atoms with Gasteiger partial charge in [0, 0.05) is 0 Å². The van der Waals surface area contributed by atoms with Gasteiger partial charge in [0.05, 0.1) is 0 Å². The summed E-state index contributed by atoms with van der Waals surface area (Å²) in [6.07, 6.45) is -0.129. The van der Waals surface area contributed by atoms with Crippen molar-refractivity contribution in [1.29, 1.82) is 0 Å². The zero-order valence-corrected chi connectivity index (χ0v) is 7.45. The van der Waals surface area contributed by atoms with E-state index in [1.807, 2.05) is 0 Å². The van der Waals surface area contributed by atoms with Crippen molar-refractivity contribution in [2.75, 3.05) is 6.54 Å². The molecule has 0 heterocycles. The lowest BCUT2D eigenvalue weighted by molar-refractivity contribution is -0.166. The van der Waals surface area contributed by atoms with E-state index in [1.165, 1.54) is 6.42 Å². The molecule has 1 N–H and O–H groups in total. The Labute approximate surface area is 75.7 Å². The number of hydrogen-bond donors (Lipinski definition) is 1. The zero-order valence-electron chi connectivity index (χ0n) is 7.45. The third kappa shape index (κ3) is 1.68. The van der Waals surface area contributed by atoms with E-state index >= 15 is 0 Å². The van der Waals surface area contributed by atoms with E-state index in [2.05, 4.69) is 5.32 Å². The Bertz CT molecular complexity index is 192. The average molecular weight is 193 g/mol. The van der Waals surface area contributed by atoms with E-state index in [4.69, 9.17) is 0 Å². The molecule has 0 aromatic rings. The van der Waals surface area contributed by atoms with Crippen LogP contribution >= 0.6 is 0 Å². The van der Waals surface area contributed by atoms with Crippen molar-refractivity contribution in [1.82, 2.24) is 5.32 Å². The molecule has 1 nitrogen and oxygen atoms in total. The molecule has 0 amide bonds. The molecule has 0 saturated heterocycles. The van der Waals surface area contributed by atoms with Crippen molar-refractivity contribution in [3.05, 3.63) is 0 Å². The molecule has 2 saturated carbocycles. The van der Waals surface area contributed by atoms with E-state index in [1.54, 1.807) is 0 Å². The first kappa shape index (κ1) is 9.31. The molecular formula is C9H14F3N. The first-order chi connectivity index (χ1) is 6.04. The van der Waals surface area contributed by atoms with Gasteiger partial charge in [-0.25, -0.2) is 0 Å². The highest BCUT2D eigenvalue weighted by Crippen LogP contribution is 2.49. The van der Waals surface area contributed by atoms with Crippen molar-refractivity contribution < 1.29 is 13.2 Å². The Kier molecular flexibility index (Phi) is 2.06. The first-order valence-electron chi connectivity index (χ1n) is 4.85. The van der Waals surface area contributed by atoms with Crippen LogP contribution in [-0.2, 0) is 0 Å². The smallest absolute Gasteiger partial charge is 0.303 e. The van der Waals surface area contributed by atoms with Crippen LogP contribution in [0.3, 0.4) is 0 Å². The van der Waals surface area contributed by atoms with Crippen molar-refractivity contribution in [2.45, 2.75) is 43.8 Å². The zero-order chi connectivity index (χ0) is 9.53. The highest BCUT2D eigenvalue weighted by Gasteiger charge is 2.63. The van der Waals surface area contributed by atoms with Crippen LogP contribution in [0.4, 0.5) is 13.2 Å². The van der Waals surface area contributed by atoms with Gasteiger partial charge in [-0.2, -0.15) is 13.2 Å². The van der Waals surface area contributed by atoms with Crippen LogP contribution in [0, 0.1) is 5.92 Å². The topological polar surface area (TPSA) is 12.0 Å². The fourth-order valence-corrected chi connectivity index (χ4v) is 1.72. The Morgan fingerprint density at radius 3 is 2.15 bits per heavy atom. The maximum atomic E-state index is 12.4. The predicted molar refractivity (Wildman–Crippen MR) is 43.4 cm³/mol. The molecule has 2 aliphatic rings. The van der Waals surface area contributed by atoms with E-state index in [0.717, 1.165) is 12.8 Å². The van der Waals surface area contributed by atoms with Crippen LogP contribution in [0.2, 0.25) is 0 Å².